The van der Waals surface area contributed by atoms with Crippen LogP contribution in [0.2, 0.25) is 0 Å². The highest BCUT2D eigenvalue weighted by Crippen LogP contribution is 2.28. The fourth-order valence-corrected chi connectivity index (χ4v) is 3.46. The van der Waals surface area contributed by atoms with Crippen LogP contribution >= 0.6 is 0 Å². The number of nitrogens with zero attached hydrogens (tertiary/aromatic N) is 2. The molecule has 3 heteroatoms. The highest BCUT2D eigenvalue weighted by Gasteiger charge is 2.25. The van der Waals surface area contributed by atoms with Gasteiger partial charge < -0.3 is 9.80 Å². The van der Waals surface area contributed by atoms with Gasteiger partial charge in [-0.2, -0.15) is 0 Å². The fourth-order valence-electron chi connectivity index (χ4n) is 3.46. The number of carbonyl (C=O) groups is 1. The molecule has 1 fully saturated rings. The minimum Gasteiger partial charge on any atom is -0.312 e. The fraction of sp³-hybridized carbons (Fsp3) is 0.588. The molecule has 0 N–H and O–H groups in total. The minimum absolute atomic E-state index is 0.285. The predicted molar refractivity (Wildman–Crippen MR) is 82.0 cm³/mol. The average molecular weight is 272 g/mol. The van der Waals surface area contributed by atoms with Gasteiger partial charge in [-0.3, -0.25) is 4.79 Å². The Morgan fingerprint density at radius 1 is 1.25 bits per heavy atom. The molecular weight excluding hydrogens is 248 g/mol. The summed E-state index contributed by atoms with van der Waals surface area (Å²) in [5.74, 6) is 0.285. The van der Waals surface area contributed by atoms with E-state index < -0.39 is 0 Å². The molecule has 1 saturated heterocycles. The van der Waals surface area contributed by atoms with E-state index in [-0.39, 0.29) is 5.91 Å². The van der Waals surface area contributed by atoms with Gasteiger partial charge in [0.15, 0.2) is 0 Å². The maximum Gasteiger partial charge on any atom is 0.228 e. The molecular formula is C17H24N2O. The molecule has 2 heterocycles. The molecule has 1 atom stereocenters. The van der Waals surface area contributed by atoms with Crippen LogP contribution in [0.3, 0.4) is 0 Å². The van der Waals surface area contributed by atoms with Crippen LogP contribution in [-0.2, 0) is 11.2 Å². The molecule has 3 nitrogen and oxygen atoms in total. The van der Waals surface area contributed by atoms with Crippen molar-refractivity contribution in [1.82, 2.24) is 4.90 Å². The Kier molecular flexibility index (Phi) is 4.06. The third-order valence-electron chi connectivity index (χ3n) is 4.74. The van der Waals surface area contributed by atoms with E-state index in [1.54, 1.807) is 0 Å². The van der Waals surface area contributed by atoms with Crippen LogP contribution in [0.5, 0.6) is 0 Å². The number of amides is 1. The molecule has 1 unspecified atom stereocenters. The van der Waals surface area contributed by atoms with Gasteiger partial charge in [0.1, 0.15) is 0 Å². The van der Waals surface area contributed by atoms with Crippen molar-refractivity contribution in [2.45, 2.75) is 45.1 Å². The number of hydrogen-bond acceptors (Lipinski definition) is 2. The summed E-state index contributed by atoms with van der Waals surface area (Å²) in [7, 11) is 0. The normalized spacial score (nSPS) is 22.9. The Morgan fingerprint density at radius 2 is 2.10 bits per heavy atom. The quantitative estimate of drug-likeness (QED) is 0.844. The maximum atomic E-state index is 12.5. The number of para-hydroxylation sites is 1. The van der Waals surface area contributed by atoms with E-state index >= 15 is 0 Å². The molecule has 1 amide bonds. The molecule has 2 aliphatic heterocycles. The number of anilines is 1. The van der Waals surface area contributed by atoms with Crippen LogP contribution in [0.1, 0.15) is 38.2 Å². The van der Waals surface area contributed by atoms with Gasteiger partial charge in [-0.05, 0) is 44.4 Å². The molecule has 1 aromatic rings. The lowest BCUT2D eigenvalue weighted by atomic mass is 10.0. The Bertz CT molecular complexity index is 486. The van der Waals surface area contributed by atoms with E-state index in [1.807, 2.05) is 11.0 Å². The van der Waals surface area contributed by atoms with Crippen molar-refractivity contribution >= 4 is 11.6 Å². The third kappa shape index (κ3) is 2.73. The summed E-state index contributed by atoms with van der Waals surface area (Å²) < 4.78 is 0. The van der Waals surface area contributed by atoms with Gasteiger partial charge in [0.25, 0.3) is 0 Å². The number of hydrogen-bond donors (Lipinski definition) is 0. The summed E-state index contributed by atoms with van der Waals surface area (Å²) in [6.45, 7) is 5.21. The zero-order chi connectivity index (χ0) is 13.9. The van der Waals surface area contributed by atoms with Gasteiger partial charge in [-0.25, -0.2) is 0 Å². The molecule has 1 aromatic carbocycles. The summed E-state index contributed by atoms with van der Waals surface area (Å²) in [4.78, 5) is 16.9. The summed E-state index contributed by atoms with van der Waals surface area (Å²) in [6.07, 6.45) is 5.55. The van der Waals surface area contributed by atoms with E-state index in [4.69, 9.17) is 0 Å². The second-order valence-corrected chi connectivity index (χ2v) is 6.05. The summed E-state index contributed by atoms with van der Waals surface area (Å²) in [5.41, 5.74) is 2.44. The van der Waals surface area contributed by atoms with Crippen molar-refractivity contribution in [3.63, 3.8) is 0 Å². The van der Waals surface area contributed by atoms with E-state index in [1.165, 1.54) is 24.8 Å². The van der Waals surface area contributed by atoms with Crippen molar-refractivity contribution in [3.8, 4) is 0 Å². The second kappa shape index (κ2) is 5.96. The zero-order valence-corrected chi connectivity index (χ0v) is 12.3. The molecule has 0 bridgehead atoms. The molecule has 0 aliphatic carbocycles. The molecule has 0 aromatic heterocycles. The van der Waals surface area contributed by atoms with E-state index in [0.717, 1.165) is 31.7 Å². The number of rotatable bonds is 3. The SMILES string of the molecule is CC1CCCCN1CCC(=O)N1CCc2ccccc21. The van der Waals surface area contributed by atoms with E-state index in [9.17, 15) is 4.79 Å². The van der Waals surface area contributed by atoms with Crippen molar-refractivity contribution < 1.29 is 4.79 Å². The van der Waals surface area contributed by atoms with Gasteiger partial charge in [-0.1, -0.05) is 24.6 Å². The standard InChI is InChI=1S/C17H24N2O/c1-14-6-4-5-11-18(14)12-10-17(20)19-13-9-15-7-2-3-8-16(15)19/h2-3,7-8,14H,4-6,9-13H2,1H3. The topological polar surface area (TPSA) is 23.6 Å². The minimum atomic E-state index is 0.285. The van der Waals surface area contributed by atoms with Gasteiger partial charge >= 0.3 is 0 Å². The Labute approximate surface area is 121 Å². The first kappa shape index (κ1) is 13.6. The maximum absolute atomic E-state index is 12.5. The zero-order valence-electron chi connectivity index (χ0n) is 12.3. The Morgan fingerprint density at radius 3 is 2.95 bits per heavy atom. The lowest BCUT2D eigenvalue weighted by molar-refractivity contribution is -0.119. The van der Waals surface area contributed by atoms with Crippen LogP contribution in [-0.4, -0.2) is 36.5 Å². The van der Waals surface area contributed by atoms with Gasteiger partial charge in [0.05, 0.1) is 0 Å². The molecule has 108 valence electrons. The molecule has 20 heavy (non-hydrogen) atoms. The van der Waals surface area contributed by atoms with Crippen LogP contribution in [0.4, 0.5) is 5.69 Å². The van der Waals surface area contributed by atoms with Gasteiger partial charge in [0, 0.05) is 31.2 Å². The van der Waals surface area contributed by atoms with Crippen LogP contribution in [0, 0.1) is 0 Å². The molecule has 0 saturated carbocycles. The van der Waals surface area contributed by atoms with Crippen molar-refractivity contribution in [2.24, 2.45) is 0 Å². The number of carbonyl (C=O) groups excluding carboxylic acids is 1. The van der Waals surface area contributed by atoms with Gasteiger partial charge in [-0.15, -0.1) is 0 Å². The van der Waals surface area contributed by atoms with Crippen LogP contribution in [0.25, 0.3) is 0 Å². The highest BCUT2D eigenvalue weighted by molar-refractivity contribution is 5.95. The third-order valence-corrected chi connectivity index (χ3v) is 4.74. The van der Waals surface area contributed by atoms with Crippen molar-refractivity contribution in [3.05, 3.63) is 29.8 Å². The van der Waals surface area contributed by atoms with Crippen molar-refractivity contribution in [2.75, 3.05) is 24.5 Å². The monoisotopic (exact) mass is 272 g/mol. The lowest BCUT2D eigenvalue weighted by Gasteiger charge is -2.33. The Balaban J connectivity index is 1.58. The number of piperidine rings is 1. The number of likely N-dealkylation sites (tertiary alicyclic amines) is 1. The van der Waals surface area contributed by atoms with Crippen molar-refractivity contribution in [1.29, 1.82) is 0 Å². The predicted octanol–water partition coefficient (Wildman–Crippen LogP) is 2.84. The smallest absolute Gasteiger partial charge is 0.228 e. The van der Waals surface area contributed by atoms with E-state index in [2.05, 4.69) is 30.0 Å². The number of benzene rings is 1. The summed E-state index contributed by atoms with van der Waals surface area (Å²) in [6, 6.07) is 8.93. The first-order chi connectivity index (χ1) is 9.75. The second-order valence-electron chi connectivity index (χ2n) is 6.05. The van der Waals surface area contributed by atoms with Crippen LogP contribution < -0.4 is 4.90 Å². The van der Waals surface area contributed by atoms with Gasteiger partial charge in [0.2, 0.25) is 5.91 Å². The number of fused-ring (bicyclic) bond motifs is 1. The lowest BCUT2D eigenvalue weighted by Crippen LogP contribution is -2.40. The molecule has 0 radical (unpaired) electrons. The average Bonchev–Trinajstić information content (AvgIpc) is 2.90. The molecule has 0 spiro atoms. The van der Waals surface area contributed by atoms with Crippen LogP contribution in [0.15, 0.2) is 24.3 Å². The first-order valence-electron chi connectivity index (χ1n) is 7.88. The first-order valence-corrected chi connectivity index (χ1v) is 7.88. The van der Waals surface area contributed by atoms with E-state index in [0.29, 0.717) is 12.5 Å². The Hall–Kier alpha value is -1.35. The highest BCUT2D eigenvalue weighted by atomic mass is 16.2. The summed E-state index contributed by atoms with van der Waals surface area (Å²) >= 11 is 0. The largest absolute Gasteiger partial charge is 0.312 e. The summed E-state index contributed by atoms with van der Waals surface area (Å²) in [5, 5.41) is 0. The molecule has 3 rings (SSSR count). The molecule has 2 aliphatic rings.